The topological polar surface area (TPSA) is 44.5 Å². The molecule has 0 fully saturated rings. The molecule has 0 atom stereocenters. The van der Waals surface area contributed by atoms with Gasteiger partial charge in [0.25, 0.3) is 0 Å². The van der Waals surface area contributed by atoms with Gasteiger partial charge in [-0.1, -0.05) is 12.1 Å². The maximum atomic E-state index is 13.1. The largest absolute Gasteiger partial charge is 0.497 e. The van der Waals surface area contributed by atoms with Crippen molar-refractivity contribution in [1.82, 2.24) is 0 Å². The van der Waals surface area contributed by atoms with E-state index in [0.717, 1.165) is 11.3 Å². The van der Waals surface area contributed by atoms with Gasteiger partial charge in [-0.3, -0.25) is 0 Å². The van der Waals surface area contributed by atoms with Crippen LogP contribution in [0.25, 0.3) is 0 Å². The Balaban J connectivity index is 2.09. The highest BCUT2D eigenvalue weighted by Gasteiger charge is 2.05. The van der Waals surface area contributed by atoms with Crippen LogP contribution in [0, 0.1) is 5.82 Å². The third kappa shape index (κ3) is 3.45. The van der Waals surface area contributed by atoms with Crippen LogP contribution in [0.3, 0.4) is 0 Å². The lowest BCUT2D eigenvalue weighted by molar-refractivity contribution is 0.301. The molecule has 100 valence electrons. The summed E-state index contributed by atoms with van der Waals surface area (Å²) in [7, 11) is 1.62. The summed E-state index contributed by atoms with van der Waals surface area (Å²) < 4.78 is 23.9. The van der Waals surface area contributed by atoms with Crippen LogP contribution in [0.1, 0.15) is 11.1 Å². The average molecular weight is 261 g/mol. The van der Waals surface area contributed by atoms with Gasteiger partial charge in [0.2, 0.25) is 0 Å². The number of hydrogen-bond acceptors (Lipinski definition) is 3. The van der Waals surface area contributed by atoms with Crippen molar-refractivity contribution in [2.45, 2.75) is 13.2 Å². The minimum atomic E-state index is -0.311. The molecule has 4 heteroatoms. The number of halogens is 1. The van der Waals surface area contributed by atoms with Gasteiger partial charge in [-0.25, -0.2) is 4.39 Å². The summed E-state index contributed by atoms with van der Waals surface area (Å²) in [6, 6.07) is 11.9. The molecule has 0 aromatic heterocycles. The van der Waals surface area contributed by atoms with Crippen molar-refractivity contribution >= 4 is 0 Å². The number of hydrogen-bond donors (Lipinski definition) is 1. The monoisotopic (exact) mass is 261 g/mol. The first kappa shape index (κ1) is 13.4. The van der Waals surface area contributed by atoms with Crippen molar-refractivity contribution in [3.63, 3.8) is 0 Å². The lowest BCUT2D eigenvalue weighted by Gasteiger charge is -2.11. The summed E-state index contributed by atoms with van der Waals surface area (Å²) >= 11 is 0. The fourth-order valence-electron chi connectivity index (χ4n) is 1.77. The number of nitrogens with two attached hydrogens (primary N) is 1. The van der Waals surface area contributed by atoms with Crippen LogP contribution in [-0.4, -0.2) is 7.11 Å². The molecule has 0 unspecified atom stereocenters. The van der Waals surface area contributed by atoms with E-state index in [2.05, 4.69) is 0 Å². The first-order chi connectivity index (χ1) is 9.22. The molecular weight excluding hydrogens is 245 g/mol. The number of ether oxygens (including phenoxy) is 2. The Hall–Kier alpha value is -2.07. The van der Waals surface area contributed by atoms with Gasteiger partial charge in [0.05, 0.1) is 7.11 Å². The molecule has 0 bridgehead atoms. The van der Waals surface area contributed by atoms with Crippen LogP contribution >= 0.6 is 0 Å². The first-order valence-electron chi connectivity index (χ1n) is 5.97. The van der Waals surface area contributed by atoms with E-state index < -0.39 is 0 Å². The van der Waals surface area contributed by atoms with E-state index in [1.807, 2.05) is 24.3 Å². The molecule has 3 nitrogen and oxygen atoms in total. The van der Waals surface area contributed by atoms with Gasteiger partial charge in [0.1, 0.15) is 23.9 Å². The van der Waals surface area contributed by atoms with Crippen molar-refractivity contribution < 1.29 is 13.9 Å². The Kier molecular flexibility index (Phi) is 4.36. The van der Waals surface area contributed by atoms with Gasteiger partial charge in [0.15, 0.2) is 0 Å². The van der Waals surface area contributed by atoms with Gasteiger partial charge in [0, 0.05) is 12.1 Å². The molecule has 0 saturated carbocycles. The van der Waals surface area contributed by atoms with Gasteiger partial charge in [-0.15, -0.1) is 0 Å². The van der Waals surface area contributed by atoms with Crippen molar-refractivity contribution in [2.75, 3.05) is 7.11 Å². The van der Waals surface area contributed by atoms with Crippen LogP contribution in [0.2, 0.25) is 0 Å². The minimum Gasteiger partial charge on any atom is -0.497 e. The maximum absolute atomic E-state index is 13.1. The van der Waals surface area contributed by atoms with Crippen LogP contribution in [0.5, 0.6) is 11.5 Å². The van der Waals surface area contributed by atoms with Gasteiger partial charge >= 0.3 is 0 Å². The van der Waals surface area contributed by atoms with E-state index in [-0.39, 0.29) is 12.4 Å². The lowest BCUT2D eigenvalue weighted by Crippen LogP contribution is -2.03. The summed E-state index contributed by atoms with van der Waals surface area (Å²) in [6.07, 6.45) is 0. The molecule has 2 aromatic rings. The van der Waals surface area contributed by atoms with E-state index in [9.17, 15) is 4.39 Å². The van der Waals surface area contributed by atoms with E-state index >= 15 is 0 Å². The molecule has 0 aliphatic rings. The molecule has 2 aromatic carbocycles. The standard InChI is InChI=1S/C15H16FNO2/c1-18-14-4-2-3-11(7-14)10-19-15-6-5-13(16)8-12(15)9-17/h2-8H,9-10,17H2,1H3. The summed E-state index contributed by atoms with van der Waals surface area (Å²) in [6.45, 7) is 0.626. The average Bonchev–Trinajstić information content (AvgIpc) is 2.46. The summed E-state index contributed by atoms with van der Waals surface area (Å²) in [5, 5.41) is 0. The van der Waals surface area contributed by atoms with Crippen LogP contribution in [0.4, 0.5) is 4.39 Å². The van der Waals surface area contributed by atoms with Crippen molar-refractivity contribution in [2.24, 2.45) is 5.73 Å². The predicted molar refractivity (Wildman–Crippen MR) is 71.6 cm³/mol. The van der Waals surface area contributed by atoms with Crippen molar-refractivity contribution in [3.8, 4) is 11.5 Å². The second kappa shape index (κ2) is 6.20. The summed E-state index contributed by atoms with van der Waals surface area (Å²) in [4.78, 5) is 0. The highest BCUT2D eigenvalue weighted by Crippen LogP contribution is 2.21. The fraction of sp³-hybridized carbons (Fsp3) is 0.200. The molecule has 0 heterocycles. The smallest absolute Gasteiger partial charge is 0.124 e. The zero-order valence-corrected chi connectivity index (χ0v) is 10.7. The molecular formula is C15H16FNO2. The van der Waals surface area contributed by atoms with Gasteiger partial charge < -0.3 is 15.2 Å². The quantitative estimate of drug-likeness (QED) is 0.900. The second-order valence-corrected chi connectivity index (χ2v) is 4.10. The molecule has 0 aliphatic heterocycles. The van der Waals surface area contributed by atoms with E-state index in [1.54, 1.807) is 13.2 Å². The second-order valence-electron chi connectivity index (χ2n) is 4.10. The summed E-state index contributed by atoms with van der Waals surface area (Å²) in [5.41, 5.74) is 7.20. The zero-order chi connectivity index (χ0) is 13.7. The van der Waals surface area contributed by atoms with E-state index in [4.69, 9.17) is 15.2 Å². The third-order valence-electron chi connectivity index (χ3n) is 2.77. The zero-order valence-electron chi connectivity index (χ0n) is 10.7. The van der Waals surface area contributed by atoms with Crippen LogP contribution in [-0.2, 0) is 13.2 Å². The maximum Gasteiger partial charge on any atom is 0.124 e. The first-order valence-corrected chi connectivity index (χ1v) is 5.97. The predicted octanol–water partition coefficient (Wildman–Crippen LogP) is 2.87. The molecule has 0 spiro atoms. The number of benzene rings is 2. The highest BCUT2D eigenvalue weighted by atomic mass is 19.1. The molecule has 2 N–H and O–H groups in total. The molecule has 0 saturated heterocycles. The third-order valence-corrected chi connectivity index (χ3v) is 2.77. The SMILES string of the molecule is COc1cccc(COc2ccc(F)cc2CN)c1. The molecule has 19 heavy (non-hydrogen) atoms. The molecule has 2 rings (SSSR count). The van der Waals surface area contributed by atoms with E-state index in [1.165, 1.54) is 12.1 Å². The fourth-order valence-corrected chi connectivity index (χ4v) is 1.77. The number of methoxy groups -OCH3 is 1. The van der Waals surface area contributed by atoms with Gasteiger partial charge in [-0.05, 0) is 35.9 Å². The normalized spacial score (nSPS) is 10.3. The molecule has 0 amide bonds. The number of rotatable bonds is 5. The Morgan fingerprint density at radius 2 is 2.00 bits per heavy atom. The Labute approximate surface area is 111 Å². The Bertz CT molecular complexity index is 558. The Morgan fingerprint density at radius 1 is 1.16 bits per heavy atom. The van der Waals surface area contributed by atoms with Gasteiger partial charge in [-0.2, -0.15) is 0 Å². The van der Waals surface area contributed by atoms with Crippen LogP contribution in [0.15, 0.2) is 42.5 Å². The van der Waals surface area contributed by atoms with Crippen LogP contribution < -0.4 is 15.2 Å². The lowest BCUT2D eigenvalue weighted by atomic mass is 10.2. The summed E-state index contributed by atoms with van der Waals surface area (Å²) in [5.74, 6) is 1.07. The Morgan fingerprint density at radius 3 is 2.74 bits per heavy atom. The minimum absolute atomic E-state index is 0.241. The molecule has 0 aliphatic carbocycles. The van der Waals surface area contributed by atoms with Crippen molar-refractivity contribution in [3.05, 3.63) is 59.4 Å². The highest BCUT2D eigenvalue weighted by molar-refractivity contribution is 5.34. The van der Waals surface area contributed by atoms with E-state index in [0.29, 0.717) is 17.9 Å². The van der Waals surface area contributed by atoms with Crippen molar-refractivity contribution in [1.29, 1.82) is 0 Å². The molecule has 0 radical (unpaired) electrons.